The van der Waals surface area contributed by atoms with Crippen LogP contribution in [-0.2, 0) is 11.3 Å². The number of carbonyl (C=O) groups excluding carboxylic acids is 1. The summed E-state index contributed by atoms with van der Waals surface area (Å²) in [4.78, 5) is 24.5. The molecule has 1 amide bonds. The molecule has 6 nitrogen and oxygen atoms in total. The predicted octanol–water partition coefficient (Wildman–Crippen LogP) is 4.22. The van der Waals surface area contributed by atoms with Crippen molar-refractivity contribution in [2.45, 2.75) is 6.54 Å². The van der Waals surface area contributed by atoms with E-state index in [9.17, 15) is 9.59 Å². The Hall–Kier alpha value is -3.51. The van der Waals surface area contributed by atoms with Gasteiger partial charge in [-0.2, -0.15) is 0 Å². The van der Waals surface area contributed by atoms with E-state index in [2.05, 4.69) is 5.32 Å². The van der Waals surface area contributed by atoms with Gasteiger partial charge in [-0.15, -0.1) is 0 Å². The van der Waals surface area contributed by atoms with Crippen molar-refractivity contribution >= 4 is 29.3 Å². The molecule has 0 spiro atoms. The van der Waals surface area contributed by atoms with Gasteiger partial charge in [-0.1, -0.05) is 29.8 Å². The van der Waals surface area contributed by atoms with Crippen molar-refractivity contribution in [2.24, 2.45) is 0 Å². The molecule has 0 saturated heterocycles. The standard InChI is InChI=1S/C23H21ClN2O4/c1-29-19-10-7-16(21(13-19)30-2)8-11-22(27)25-18-9-12-23(28)26(15-18)14-17-5-3-4-6-20(17)24/h3-13,15H,14H2,1-2H3,(H,25,27)/b11-8+. The fourth-order valence-electron chi connectivity index (χ4n) is 2.84. The number of hydrogen-bond acceptors (Lipinski definition) is 4. The number of ether oxygens (including phenoxy) is 2. The van der Waals surface area contributed by atoms with E-state index in [1.807, 2.05) is 18.2 Å². The summed E-state index contributed by atoms with van der Waals surface area (Å²) in [5.74, 6) is 0.914. The molecule has 0 aliphatic heterocycles. The molecule has 30 heavy (non-hydrogen) atoms. The Labute approximate surface area is 179 Å². The highest BCUT2D eigenvalue weighted by Gasteiger charge is 2.06. The average Bonchev–Trinajstić information content (AvgIpc) is 2.76. The second-order valence-corrected chi connectivity index (χ2v) is 6.81. The third-order valence-electron chi connectivity index (χ3n) is 4.40. The molecule has 0 aliphatic carbocycles. The van der Waals surface area contributed by atoms with Gasteiger partial charge in [0.1, 0.15) is 11.5 Å². The van der Waals surface area contributed by atoms with Crippen molar-refractivity contribution in [1.82, 2.24) is 4.57 Å². The third kappa shape index (κ3) is 5.30. The van der Waals surface area contributed by atoms with Crippen LogP contribution in [-0.4, -0.2) is 24.7 Å². The van der Waals surface area contributed by atoms with Crippen molar-refractivity contribution in [3.05, 3.63) is 93.4 Å². The molecule has 0 unspecified atom stereocenters. The average molecular weight is 425 g/mol. The molecule has 3 rings (SSSR count). The predicted molar refractivity (Wildman–Crippen MR) is 118 cm³/mol. The lowest BCUT2D eigenvalue weighted by Crippen LogP contribution is -2.20. The highest BCUT2D eigenvalue weighted by atomic mass is 35.5. The number of methoxy groups -OCH3 is 2. The normalized spacial score (nSPS) is 10.8. The van der Waals surface area contributed by atoms with Crippen LogP contribution in [0.25, 0.3) is 6.08 Å². The SMILES string of the molecule is COc1ccc(/C=C/C(=O)Nc2ccc(=O)n(Cc3ccccc3Cl)c2)c(OC)c1. The van der Waals surface area contributed by atoms with Gasteiger partial charge in [0.25, 0.3) is 5.56 Å². The number of hydrogen-bond donors (Lipinski definition) is 1. The Morgan fingerprint density at radius 3 is 2.63 bits per heavy atom. The third-order valence-corrected chi connectivity index (χ3v) is 4.77. The number of rotatable bonds is 7. The molecule has 0 atom stereocenters. The summed E-state index contributed by atoms with van der Waals surface area (Å²) < 4.78 is 12.0. The van der Waals surface area contributed by atoms with Gasteiger partial charge in [-0.25, -0.2) is 0 Å². The number of nitrogens with one attached hydrogen (secondary N) is 1. The summed E-state index contributed by atoms with van der Waals surface area (Å²) in [6.45, 7) is 0.307. The van der Waals surface area contributed by atoms with Gasteiger partial charge in [0, 0.05) is 35.0 Å². The summed E-state index contributed by atoms with van der Waals surface area (Å²) in [6.07, 6.45) is 4.63. The smallest absolute Gasteiger partial charge is 0.250 e. The van der Waals surface area contributed by atoms with Crippen LogP contribution in [0.1, 0.15) is 11.1 Å². The van der Waals surface area contributed by atoms with E-state index in [0.29, 0.717) is 28.8 Å². The lowest BCUT2D eigenvalue weighted by atomic mass is 10.1. The maximum atomic E-state index is 12.3. The summed E-state index contributed by atoms with van der Waals surface area (Å²) in [6, 6.07) is 15.6. The van der Waals surface area contributed by atoms with E-state index in [0.717, 1.165) is 11.1 Å². The van der Waals surface area contributed by atoms with Crippen LogP contribution in [0.4, 0.5) is 5.69 Å². The van der Waals surface area contributed by atoms with Gasteiger partial charge in [0.15, 0.2) is 0 Å². The first-order valence-corrected chi connectivity index (χ1v) is 9.53. The number of anilines is 1. The summed E-state index contributed by atoms with van der Waals surface area (Å²) >= 11 is 6.18. The number of benzene rings is 2. The van der Waals surface area contributed by atoms with E-state index in [1.54, 1.807) is 56.8 Å². The Morgan fingerprint density at radius 2 is 1.90 bits per heavy atom. The van der Waals surface area contributed by atoms with Crippen molar-refractivity contribution in [3.8, 4) is 11.5 Å². The zero-order valence-corrected chi connectivity index (χ0v) is 17.3. The Morgan fingerprint density at radius 1 is 1.10 bits per heavy atom. The molecule has 0 bridgehead atoms. The number of nitrogens with zero attached hydrogens (tertiary/aromatic N) is 1. The van der Waals surface area contributed by atoms with Crippen LogP contribution < -0.4 is 20.3 Å². The summed E-state index contributed by atoms with van der Waals surface area (Å²) in [5, 5.41) is 3.34. The first kappa shape index (κ1) is 21.2. The van der Waals surface area contributed by atoms with Crippen LogP contribution in [0.5, 0.6) is 11.5 Å². The van der Waals surface area contributed by atoms with Gasteiger partial charge >= 0.3 is 0 Å². The quantitative estimate of drug-likeness (QED) is 0.576. The Balaban J connectivity index is 1.73. The van der Waals surface area contributed by atoms with Gasteiger partial charge in [-0.3, -0.25) is 9.59 Å². The Kier molecular flexibility index (Phi) is 6.93. The van der Waals surface area contributed by atoms with Crippen molar-refractivity contribution in [2.75, 3.05) is 19.5 Å². The molecule has 0 radical (unpaired) electrons. The van der Waals surface area contributed by atoms with Crippen LogP contribution in [0, 0.1) is 0 Å². The molecule has 1 aromatic heterocycles. The molecule has 1 heterocycles. The van der Waals surface area contributed by atoms with E-state index < -0.39 is 0 Å². The molecule has 0 fully saturated rings. The number of aromatic nitrogens is 1. The molecule has 2 aromatic carbocycles. The minimum absolute atomic E-state index is 0.188. The number of halogens is 1. The molecule has 1 N–H and O–H groups in total. The molecule has 3 aromatic rings. The molecule has 154 valence electrons. The molecule has 0 saturated carbocycles. The van der Waals surface area contributed by atoms with E-state index in [1.165, 1.54) is 16.7 Å². The number of carbonyl (C=O) groups is 1. The highest BCUT2D eigenvalue weighted by molar-refractivity contribution is 6.31. The summed E-state index contributed by atoms with van der Waals surface area (Å²) in [7, 11) is 3.12. The van der Waals surface area contributed by atoms with Crippen LogP contribution in [0.15, 0.2) is 71.7 Å². The van der Waals surface area contributed by atoms with Crippen molar-refractivity contribution in [1.29, 1.82) is 0 Å². The maximum Gasteiger partial charge on any atom is 0.250 e. The van der Waals surface area contributed by atoms with Gasteiger partial charge in [-0.05, 0) is 35.9 Å². The zero-order valence-electron chi connectivity index (χ0n) is 16.6. The van der Waals surface area contributed by atoms with Crippen LogP contribution in [0.2, 0.25) is 5.02 Å². The van der Waals surface area contributed by atoms with E-state index in [-0.39, 0.29) is 11.5 Å². The van der Waals surface area contributed by atoms with Crippen molar-refractivity contribution < 1.29 is 14.3 Å². The second kappa shape index (κ2) is 9.80. The fraction of sp³-hybridized carbons (Fsp3) is 0.130. The maximum absolute atomic E-state index is 12.3. The Bertz CT molecular complexity index is 1140. The summed E-state index contributed by atoms with van der Waals surface area (Å²) in [5.41, 5.74) is 1.86. The largest absolute Gasteiger partial charge is 0.497 e. The van der Waals surface area contributed by atoms with Crippen LogP contribution >= 0.6 is 11.6 Å². The minimum atomic E-state index is -0.337. The molecule has 0 aliphatic rings. The lowest BCUT2D eigenvalue weighted by Gasteiger charge is -2.10. The van der Waals surface area contributed by atoms with E-state index in [4.69, 9.17) is 21.1 Å². The van der Waals surface area contributed by atoms with Gasteiger partial charge in [0.05, 0.1) is 26.5 Å². The zero-order chi connectivity index (χ0) is 21.5. The topological polar surface area (TPSA) is 69.6 Å². The number of amides is 1. The highest BCUT2D eigenvalue weighted by Crippen LogP contribution is 2.25. The molecular weight excluding hydrogens is 404 g/mol. The minimum Gasteiger partial charge on any atom is -0.497 e. The lowest BCUT2D eigenvalue weighted by molar-refractivity contribution is -0.111. The first-order chi connectivity index (χ1) is 14.5. The monoisotopic (exact) mass is 424 g/mol. The molecule has 7 heteroatoms. The van der Waals surface area contributed by atoms with Crippen molar-refractivity contribution in [3.63, 3.8) is 0 Å². The van der Waals surface area contributed by atoms with Crippen LogP contribution in [0.3, 0.4) is 0 Å². The number of pyridine rings is 1. The first-order valence-electron chi connectivity index (χ1n) is 9.15. The second-order valence-electron chi connectivity index (χ2n) is 6.41. The fourth-order valence-corrected chi connectivity index (χ4v) is 3.04. The molecular formula is C23H21ClN2O4. The van der Waals surface area contributed by atoms with Gasteiger partial charge in [0.2, 0.25) is 5.91 Å². The van der Waals surface area contributed by atoms with Gasteiger partial charge < -0.3 is 19.4 Å². The van der Waals surface area contributed by atoms with E-state index >= 15 is 0 Å².